The molecule has 0 radical (unpaired) electrons. The second-order valence-electron chi connectivity index (χ2n) is 6.77. The van der Waals surface area contributed by atoms with E-state index >= 15 is 0 Å². The summed E-state index contributed by atoms with van der Waals surface area (Å²) in [7, 11) is 1.87. The van der Waals surface area contributed by atoms with E-state index in [1.165, 1.54) is 50.8 Å². The maximum Gasteiger partial charge on any atom is 0.123 e. The average molecular weight is 303 g/mol. The first-order valence-corrected chi connectivity index (χ1v) is 8.39. The number of benzene rings is 1. The maximum absolute atomic E-state index is 12.9. The smallest absolute Gasteiger partial charge is 0.123 e. The fourth-order valence-electron chi connectivity index (χ4n) is 4.27. The molecule has 0 bridgehead atoms. The number of piperidine rings is 1. The molecule has 1 aliphatic heterocycles. The minimum atomic E-state index is -0.179. The van der Waals surface area contributed by atoms with Crippen LogP contribution < -0.4 is 0 Å². The van der Waals surface area contributed by atoms with Gasteiger partial charge in [-0.15, -0.1) is 0 Å². The van der Waals surface area contributed by atoms with Crippen molar-refractivity contribution in [3.05, 3.63) is 41.7 Å². The molecule has 3 heteroatoms. The minimum Gasteiger partial charge on any atom is -0.381 e. The average Bonchev–Trinajstić information content (AvgIpc) is 2.91. The SMILES string of the molecule is CO[C@@H]1CCC[C@@]12CCCN(CC=Cc1ccc(F)cc1)C2. The van der Waals surface area contributed by atoms with Crippen LogP contribution in [-0.4, -0.2) is 37.7 Å². The summed E-state index contributed by atoms with van der Waals surface area (Å²) < 4.78 is 18.7. The van der Waals surface area contributed by atoms with Gasteiger partial charge in [-0.2, -0.15) is 0 Å². The van der Waals surface area contributed by atoms with Gasteiger partial charge in [0.25, 0.3) is 0 Å². The highest BCUT2D eigenvalue weighted by molar-refractivity contribution is 5.48. The summed E-state index contributed by atoms with van der Waals surface area (Å²) in [4.78, 5) is 2.54. The second kappa shape index (κ2) is 6.93. The van der Waals surface area contributed by atoms with Crippen molar-refractivity contribution in [1.29, 1.82) is 0 Å². The molecule has 1 aromatic rings. The van der Waals surface area contributed by atoms with Crippen LogP contribution in [-0.2, 0) is 4.74 Å². The molecule has 2 atom stereocenters. The number of hydrogen-bond donors (Lipinski definition) is 0. The van der Waals surface area contributed by atoms with Gasteiger partial charge in [-0.3, -0.25) is 4.90 Å². The van der Waals surface area contributed by atoms with E-state index < -0.39 is 0 Å². The molecule has 2 nitrogen and oxygen atoms in total. The van der Waals surface area contributed by atoms with E-state index in [4.69, 9.17) is 4.74 Å². The van der Waals surface area contributed by atoms with Crippen molar-refractivity contribution >= 4 is 6.08 Å². The van der Waals surface area contributed by atoms with Crippen LogP contribution in [0.3, 0.4) is 0 Å². The largest absolute Gasteiger partial charge is 0.381 e. The van der Waals surface area contributed by atoms with Crippen LogP contribution in [0.25, 0.3) is 6.08 Å². The van der Waals surface area contributed by atoms with E-state index in [-0.39, 0.29) is 5.82 Å². The van der Waals surface area contributed by atoms with Crippen LogP contribution in [0.2, 0.25) is 0 Å². The quantitative estimate of drug-likeness (QED) is 0.829. The zero-order valence-corrected chi connectivity index (χ0v) is 13.4. The van der Waals surface area contributed by atoms with Gasteiger partial charge in [-0.05, 0) is 49.9 Å². The lowest BCUT2D eigenvalue weighted by molar-refractivity contribution is -0.0322. The zero-order chi connectivity index (χ0) is 15.4. The molecular weight excluding hydrogens is 277 g/mol. The maximum atomic E-state index is 12.9. The van der Waals surface area contributed by atoms with Crippen molar-refractivity contribution in [3.63, 3.8) is 0 Å². The van der Waals surface area contributed by atoms with Crippen LogP contribution in [0.5, 0.6) is 0 Å². The van der Waals surface area contributed by atoms with Crippen LogP contribution in [0, 0.1) is 11.2 Å². The van der Waals surface area contributed by atoms with E-state index in [1.807, 2.05) is 19.2 Å². The van der Waals surface area contributed by atoms with Crippen molar-refractivity contribution in [3.8, 4) is 0 Å². The predicted molar refractivity (Wildman–Crippen MR) is 88.2 cm³/mol. The van der Waals surface area contributed by atoms with Crippen LogP contribution in [0.4, 0.5) is 4.39 Å². The first-order valence-electron chi connectivity index (χ1n) is 8.39. The fraction of sp³-hybridized carbons (Fsp3) is 0.579. The highest BCUT2D eigenvalue weighted by atomic mass is 19.1. The summed E-state index contributed by atoms with van der Waals surface area (Å²) in [5.74, 6) is -0.179. The topological polar surface area (TPSA) is 12.5 Å². The lowest BCUT2D eigenvalue weighted by atomic mass is 9.76. The molecule has 1 aromatic carbocycles. The molecule has 3 rings (SSSR count). The summed E-state index contributed by atoms with van der Waals surface area (Å²) in [5, 5.41) is 0. The highest BCUT2D eigenvalue weighted by Gasteiger charge is 2.45. The number of hydrogen-bond acceptors (Lipinski definition) is 2. The standard InChI is InChI=1S/C19H26FNO/c1-22-18-6-2-11-19(18)12-4-14-21(15-19)13-3-5-16-7-9-17(20)10-8-16/h3,5,7-10,18H,2,4,6,11-15H2,1H3/t18-,19+/m1/s1. The molecule has 1 heterocycles. The van der Waals surface area contributed by atoms with Gasteiger partial charge in [0.2, 0.25) is 0 Å². The van der Waals surface area contributed by atoms with Crippen LogP contribution >= 0.6 is 0 Å². The van der Waals surface area contributed by atoms with Crippen molar-refractivity contribution in [2.45, 2.75) is 38.2 Å². The number of methoxy groups -OCH3 is 1. The minimum absolute atomic E-state index is 0.179. The number of ether oxygens (including phenoxy) is 1. The Labute approximate surface area is 133 Å². The lowest BCUT2D eigenvalue weighted by Crippen LogP contribution is -2.47. The third-order valence-corrected chi connectivity index (χ3v) is 5.34. The van der Waals surface area contributed by atoms with E-state index in [0.717, 1.165) is 18.7 Å². The summed E-state index contributed by atoms with van der Waals surface area (Å²) in [6, 6.07) is 6.66. The zero-order valence-electron chi connectivity index (χ0n) is 13.4. The van der Waals surface area contributed by atoms with Gasteiger partial charge in [-0.25, -0.2) is 4.39 Å². The predicted octanol–water partition coefficient (Wildman–Crippen LogP) is 4.12. The Morgan fingerprint density at radius 1 is 1.27 bits per heavy atom. The molecule has 0 amide bonds. The first-order chi connectivity index (χ1) is 10.7. The van der Waals surface area contributed by atoms with Gasteiger partial charge in [-0.1, -0.05) is 30.7 Å². The van der Waals surface area contributed by atoms with Gasteiger partial charge >= 0.3 is 0 Å². The van der Waals surface area contributed by atoms with E-state index in [1.54, 1.807) is 0 Å². The Hall–Kier alpha value is -1.19. The van der Waals surface area contributed by atoms with Gasteiger partial charge in [0.1, 0.15) is 5.82 Å². The second-order valence-corrected chi connectivity index (χ2v) is 6.77. The Kier molecular flexibility index (Phi) is 4.94. The molecule has 1 aliphatic carbocycles. The Morgan fingerprint density at radius 2 is 2.05 bits per heavy atom. The van der Waals surface area contributed by atoms with Gasteiger partial charge < -0.3 is 4.74 Å². The number of rotatable bonds is 4. The van der Waals surface area contributed by atoms with Crippen molar-refractivity contribution in [2.75, 3.05) is 26.7 Å². The summed E-state index contributed by atoms with van der Waals surface area (Å²) >= 11 is 0. The number of likely N-dealkylation sites (tertiary alicyclic amines) is 1. The van der Waals surface area contributed by atoms with E-state index in [2.05, 4.69) is 17.1 Å². The summed E-state index contributed by atoms with van der Waals surface area (Å²) in [6.07, 6.45) is 11.1. The Bertz CT molecular complexity index is 513. The third kappa shape index (κ3) is 3.41. The molecule has 120 valence electrons. The van der Waals surface area contributed by atoms with Crippen LogP contribution in [0.15, 0.2) is 30.3 Å². The van der Waals surface area contributed by atoms with Crippen molar-refractivity contribution < 1.29 is 9.13 Å². The van der Waals surface area contributed by atoms with Crippen molar-refractivity contribution in [1.82, 2.24) is 4.90 Å². The van der Waals surface area contributed by atoms with E-state index in [9.17, 15) is 4.39 Å². The molecular formula is C19H26FNO. The molecule has 0 unspecified atom stereocenters. The fourth-order valence-corrected chi connectivity index (χ4v) is 4.27. The first kappa shape index (κ1) is 15.7. The Morgan fingerprint density at radius 3 is 2.82 bits per heavy atom. The monoisotopic (exact) mass is 303 g/mol. The number of nitrogens with zero attached hydrogens (tertiary/aromatic N) is 1. The van der Waals surface area contributed by atoms with Gasteiger partial charge in [0.15, 0.2) is 0 Å². The van der Waals surface area contributed by atoms with E-state index in [0.29, 0.717) is 11.5 Å². The molecule has 0 aromatic heterocycles. The number of halogens is 1. The highest BCUT2D eigenvalue weighted by Crippen LogP contribution is 2.46. The Balaban J connectivity index is 1.57. The summed E-state index contributed by atoms with van der Waals surface area (Å²) in [5.41, 5.74) is 1.44. The third-order valence-electron chi connectivity index (χ3n) is 5.34. The van der Waals surface area contributed by atoms with Gasteiger partial charge in [0, 0.05) is 25.6 Å². The summed E-state index contributed by atoms with van der Waals surface area (Å²) in [6.45, 7) is 3.29. The molecule has 2 aliphatic rings. The molecule has 1 saturated carbocycles. The molecule has 1 saturated heterocycles. The molecule has 1 spiro atoms. The van der Waals surface area contributed by atoms with Crippen molar-refractivity contribution in [2.24, 2.45) is 5.41 Å². The molecule has 22 heavy (non-hydrogen) atoms. The van der Waals surface area contributed by atoms with Gasteiger partial charge in [0.05, 0.1) is 6.10 Å². The molecule has 0 N–H and O–H groups in total. The molecule has 2 fully saturated rings. The lowest BCUT2D eigenvalue weighted by Gasteiger charge is -2.43. The van der Waals surface area contributed by atoms with Crippen LogP contribution in [0.1, 0.15) is 37.7 Å². The normalized spacial score (nSPS) is 29.6.